The Bertz CT molecular complexity index is 674. The lowest BCUT2D eigenvalue weighted by Gasteiger charge is -2.35. The van der Waals surface area contributed by atoms with Crippen LogP contribution in [0.3, 0.4) is 0 Å². The third-order valence-corrected chi connectivity index (χ3v) is 4.55. The van der Waals surface area contributed by atoms with Crippen LogP contribution in [0, 0.1) is 6.92 Å². The Balaban J connectivity index is 2.00. The number of halogens is 1. The van der Waals surface area contributed by atoms with Crippen molar-refractivity contribution in [3.63, 3.8) is 0 Å². The van der Waals surface area contributed by atoms with E-state index in [2.05, 4.69) is 36.0 Å². The molecule has 1 fully saturated rings. The van der Waals surface area contributed by atoms with Gasteiger partial charge in [-0.15, -0.1) is 0 Å². The minimum absolute atomic E-state index is 0.230. The van der Waals surface area contributed by atoms with Crippen molar-refractivity contribution in [3.05, 3.63) is 22.4 Å². The fraction of sp³-hybridized carbons (Fsp3) is 0.643. The van der Waals surface area contributed by atoms with Gasteiger partial charge in [0.15, 0.2) is 5.65 Å². The highest BCUT2D eigenvalue weighted by atomic mass is 79.9. The molecule has 0 radical (unpaired) electrons. The number of anilines is 1. The van der Waals surface area contributed by atoms with Crippen molar-refractivity contribution in [2.24, 2.45) is 0 Å². The number of aromatic nitrogens is 4. The summed E-state index contributed by atoms with van der Waals surface area (Å²) < 4.78 is 1.51. The molecule has 1 aliphatic carbocycles. The van der Waals surface area contributed by atoms with Crippen molar-refractivity contribution in [1.82, 2.24) is 19.6 Å². The van der Waals surface area contributed by atoms with Crippen molar-refractivity contribution in [2.75, 3.05) is 16.8 Å². The van der Waals surface area contributed by atoms with Crippen molar-refractivity contribution in [2.45, 2.75) is 45.1 Å². The van der Waals surface area contributed by atoms with E-state index in [9.17, 15) is 4.79 Å². The Kier molecular flexibility index (Phi) is 4.28. The predicted molar refractivity (Wildman–Crippen MR) is 86.4 cm³/mol. The van der Waals surface area contributed by atoms with E-state index < -0.39 is 0 Å². The topological polar surface area (TPSA) is 66.3 Å². The second-order valence-electron chi connectivity index (χ2n) is 5.56. The van der Waals surface area contributed by atoms with Crippen molar-refractivity contribution < 1.29 is 0 Å². The Morgan fingerprint density at radius 2 is 2.19 bits per heavy atom. The first kappa shape index (κ1) is 14.6. The molecule has 0 saturated heterocycles. The molecule has 1 saturated carbocycles. The van der Waals surface area contributed by atoms with Crippen LogP contribution in [0.4, 0.5) is 5.82 Å². The first-order valence-corrected chi connectivity index (χ1v) is 8.60. The van der Waals surface area contributed by atoms with Gasteiger partial charge in [-0.1, -0.05) is 35.2 Å². The standard InChI is InChI=1S/C14H20BrN5O/c1-10-16-12(9-13-17-18-14(21)20(10)13)19(8-7-15)11-5-3-2-4-6-11/h9,11H,2-8H2,1H3,(H,18,21). The van der Waals surface area contributed by atoms with Crippen LogP contribution in [0.15, 0.2) is 10.9 Å². The van der Waals surface area contributed by atoms with Crippen LogP contribution >= 0.6 is 15.9 Å². The van der Waals surface area contributed by atoms with Crippen LogP contribution in [0.2, 0.25) is 0 Å². The van der Waals surface area contributed by atoms with Gasteiger partial charge in [0.1, 0.15) is 11.6 Å². The Morgan fingerprint density at radius 1 is 1.43 bits per heavy atom. The smallest absolute Gasteiger partial charge is 0.349 e. The summed E-state index contributed by atoms with van der Waals surface area (Å²) in [4.78, 5) is 18.7. The summed E-state index contributed by atoms with van der Waals surface area (Å²) in [5.41, 5.74) is 0.407. The van der Waals surface area contributed by atoms with E-state index in [4.69, 9.17) is 0 Å². The third kappa shape index (κ3) is 2.84. The molecule has 6 nitrogen and oxygen atoms in total. The molecule has 0 atom stereocenters. The zero-order valence-electron chi connectivity index (χ0n) is 12.2. The number of hydrogen-bond acceptors (Lipinski definition) is 4. The van der Waals surface area contributed by atoms with Crippen LogP contribution in [-0.2, 0) is 0 Å². The molecule has 2 aromatic rings. The van der Waals surface area contributed by atoms with E-state index in [-0.39, 0.29) is 5.69 Å². The Hall–Kier alpha value is -1.37. The van der Waals surface area contributed by atoms with Gasteiger partial charge in [0.2, 0.25) is 0 Å². The lowest BCUT2D eigenvalue weighted by molar-refractivity contribution is 0.417. The van der Waals surface area contributed by atoms with Crippen molar-refractivity contribution in [3.8, 4) is 0 Å². The molecule has 0 unspecified atom stereocenters. The maximum absolute atomic E-state index is 11.7. The quantitative estimate of drug-likeness (QED) is 0.856. The number of nitrogens with zero attached hydrogens (tertiary/aromatic N) is 4. The second kappa shape index (κ2) is 6.17. The fourth-order valence-electron chi connectivity index (χ4n) is 3.20. The lowest BCUT2D eigenvalue weighted by atomic mass is 9.94. The number of aryl methyl sites for hydroxylation is 1. The molecule has 1 aliphatic rings. The van der Waals surface area contributed by atoms with Gasteiger partial charge in [-0.3, -0.25) is 0 Å². The summed E-state index contributed by atoms with van der Waals surface area (Å²) in [7, 11) is 0. The zero-order valence-corrected chi connectivity index (χ0v) is 13.8. The summed E-state index contributed by atoms with van der Waals surface area (Å²) in [6.45, 7) is 2.77. The largest absolute Gasteiger partial charge is 0.353 e. The highest BCUT2D eigenvalue weighted by Crippen LogP contribution is 2.27. The highest BCUT2D eigenvalue weighted by Gasteiger charge is 2.23. The SMILES string of the molecule is Cc1nc(N(CCBr)C2CCCCC2)cc2n[nH]c(=O)n12. The second-order valence-corrected chi connectivity index (χ2v) is 6.35. The molecule has 0 spiro atoms. The molecule has 0 amide bonds. The number of rotatable bonds is 4. The summed E-state index contributed by atoms with van der Waals surface area (Å²) >= 11 is 3.54. The molecule has 21 heavy (non-hydrogen) atoms. The van der Waals surface area contributed by atoms with Crippen molar-refractivity contribution in [1.29, 1.82) is 0 Å². The average Bonchev–Trinajstić information content (AvgIpc) is 2.87. The molecule has 2 aromatic heterocycles. The minimum atomic E-state index is -0.230. The monoisotopic (exact) mass is 353 g/mol. The molecule has 114 valence electrons. The first-order valence-electron chi connectivity index (χ1n) is 7.48. The van der Waals surface area contributed by atoms with Crippen LogP contribution < -0.4 is 10.6 Å². The lowest BCUT2D eigenvalue weighted by Crippen LogP contribution is -2.39. The van der Waals surface area contributed by atoms with Gasteiger partial charge < -0.3 is 4.90 Å². The first-order chi connectivity index (χ1) is 10.2. The molecule has 0 aliphatic heterocycles. The molecule has 7 heteroatoms. The minimum Gasteiger partial charge on any atom is -0.353 e. The Morgan fingerprint density at radius 3 is 2.90 bits per heavy atom. The van der Waals surface area contributed by atoms with Crippen LogP contribution in [0.1, 0.15) is 37.9 Å². The summed E-state index contributed by atoms with van der Waals surface area (Å²) in [6, 6.07) is 2.44. The van der Waals surface area contributed by atoms with Crippen molar-refractivity contribution >= 4 is 27.4 Å². The van der Waals surface area contributed by atoms with Gasteiger partial charge >= 0.3 is 5.69 Å². The Labute approximate surface area is 131 Å². The maximum Gasteiger partial charge on any atom is 0.349 e. The van der Waals surface area contributed by atoms with E-state index in [0.717, 1.165) is 17.7 Å². The normalized spacial score (nSPS) is 16.5. The number of aromatic amines is 1. The highest BCUT2D eigenvalue weighted by molar-refractivity contribution is 9.09. The summed E-state index contributed by atoms with van der Waals surface area (Å²) in [6.07, 6.45) is 6.33. The average molecular weight is 354 g/mol. The molecule has 3 rings (SSSR count). The number of fused-ring (bicyclic) bond motifs is 1. The van der Waals surface area contributed by atoms with Gasteiger partial charge in [0, 0.05) is 24.0 Å². The van der Waals surface area contributed by atoms with E-state index >= 15 is 0 Å². The van der Waals surface area contributed by atoms with Crippen LogP contribution in [0.25, 0.3) is 5.65 Å². The van der Waals surface area contributed by atoms with E-state index in [1.54, 1.807) is 0 Å². The molecule has 0 aromatic carbocycles. The fourth-order valence-corrected chi connectivity index (χ4v) is 3.58. The molecular formula is C14H20BrN5O. The number of H-pyrrole nitrogens is 1. The maximum atomic E-state index is 11.7. The van der Waals surface area contributed by atoms with E-state index in [1.807, 2.05) is 13.0 Å². The van der Waals surface area contributed by atoms with Crippen LogP contribution in [-0.4, -0.2) is 37.5 Å². The van der Waals surface area contributed by atoms with Gasteiger partial charge in [0.25, 0.3) is 0 Å². The number of nitrogens with one attached hydrogen (secondary N) is 1. The van der Waals surface area contributed by atoms with Gasteiger partial charge in [-0.2, -0.15) is 5.10 Å². The molecular weight excluding hydrogens is 334 g/mol. The zero-order chi connectivity index (χ0) is 14.8. The van der Waals surface area contributed by atoms with E-state index in [1.165, 1.54) is 36.5 Å². The third-order valence-electron chi connectivity index (χ3n) is 4.19. The van der Waals surface area contributed by atoms with Gasteiger partial charge in [-0.05, 0) is 19.8 Å². The number of hydrogen-bond donors (Lipinski definition) is 1. The molecule has 1 N–H and O–H groups in total. The molecule has 0 bridgehead atoms. The van der Waals surface area contributed by atoms with Crippen LogP contribution in [0.5, 0.6) is 0 Å². The number of alkyl halides is 1. The summed E-state index contributed by atoms with van der Waals surface area (Å²) in [5.74, 6) is 1.60. The molecule has 2 heterocycles. The van der Waals surface area contributed by atoms with Gasteiger partial charge in [0.05, 0.1) is 0 Å². The predicted octanol–water partition coefficient (Wildman–Crippen LogP) is 2.26. The summed E-state index contributed by atoms with van der Waals surface area (Å²) in [5, 5.41) is 7.46. The van der Waals surface area contributed by atoms with E-state index in [0.29, 0.717) is 17.5 Å². The van der Waals surface area contributed by atoms with Gasteiger partial charge in [-0.25, -0.2) is 19.3 Å².